The first-order valence-electron chi connectivity index (χ1n) is 10.5. The zero-order chi connectivity index (χ0) is 24.6. The summed E-state index contributed by atoms with van der Waals surface area (Å²) in [7, 11) is 0. The Balaban J connectivity index is 1.93. The highest BCUT2D eigenvalue weighted by atomic mass is 32.1. The van der Waals surface area contributed by atoms with Gasteiger partial charge >= 0.3 is 11.9 Å². The lowest BCUT2D eigenvalue weighted by atomic mass is 9.95. The van der Waals surface area contributed by atoms with Gasteiger partial charge in [0.2, 0.25) is 0 Å². The van der Waals surface area contributed by atoms with Crippen LogP contribution < -0.4 is 4.90 Å². The number of anilines is 1. The third-order valence-electron chi connectivity index (χ3n) is 5.42. The van der Waals surface area contributed by atoms with Crippen LogP contribution in [0.25, 0.3) is 5.76 Å². The van der Waals surface area contributed by atoms with E-state index < -0.39 is 35.3 Å². The number of ether oxygens (including phenoxy) is 1. The van der Waals surface area contributed by atoms with Crippen LogP contribution in [0.4, 0.5) is 9.52 Å². The van der Waals surface area contributed by atoms with Gasteiger partial charge in [-0.05, 0) is 26.8 Å². The largest absolute Gasteiger partial charge is 0.507 e. The molecule has 1 N–H and O–H groups in total. The van der Waals surface area contributed by atoms with Crippen molar-refractivity contribution < 1.29 is 28.6 Å². The molecule has 0 aliphatic carbocycles. The van der Waals surface area contributed by atoms with Crippen LogP contribution in [0.2, 0.25) is 0 Å². The smallest absolute Gasteiger partial charge is 0.350 e. The molecule has 0 spiro atoms. The van der Waals surface area contributed by atoms with Crippen molar-refractivity contribution in [2.24, 2.45) is 0 Å². The van der Waals surface area contributed by atoms with Gasteiger partial charge in [0.15, 0.2) is 5.13 Å². The second-order valence-corrected chi connectivity index (χ2v) is 8.67. The number of aliphatic hydroxyl groups is 1. The summed E-state index contributed by atoms with van der Waals surface area (Å²) in [6.45, 7) is 5.26. The molecule has 1 amide bonds. The van der Waals surface area contributed by atoms with Crippen molar-refractivity contribution in [2.45, 2.75) is 26.8 Å². The number of hydrogen-bond acceptors (Lipinski definition) is 7. The van der Waals surface area contributed by atoms with Crippen molar-refractivity contribution in [1.29, 1.82) is 0 Å². The number of carbonyl (C=O) groups is 3. The first-order valence-corrected chi connectivity index (χ1v) is 11.3. The monoisotopic (exact) mass is 480 g/mol. The highest BCUT2D eigenvalue weighted by Gasteiger charge is 2.49. The molecule has 2 aromatic carbocycles. The van der Waals surface area contributed by atoms with Crippen molar-refractivity contribution in [1.82, 2.24) is 4.98 Å². The fourth-order valence-electron chi connectivity index (χ4n) is 3.76. The van der Waals surface area contributed by atoms with Crippen LogP contribution in [-0.4, -0.2) is 34.4 Å². The molecule has 1 unspecified atom stereocenters. The molecule has 1 aromatic heterocycles. The Kier molecular flexibility index (Phi) is 6.30. The second-order valence-electron chi connectivity index (χ2n) is 7.69. The van der Waals surface area contributed by atoms with Gasteiger partial charge in [-0.15, -0.1) is 0 Å². The Morgan fingerprint density at radius 1 is 1.15 bits per heavy atom. The lowest BCUT2D eigenvalue weighted by Gasteiger charge is -2.23. The van der Waals surface area contributed by atoms with E-state index in [4.69, 9.17) is 4.74 Å². The van der Waals surface area contributed by atoms with Gasteiger partial charge in [0.25, 0.3) is 5.78 Å². The lowest BCUT2D eigenvalue weighted by molar-refractivity contribution is -0.132. The molecule has 0 bridgehead atoms. The number of ketones is 1. The van der Waals surface area contributed by atoms with Crippen molar-refractivity contribution >= 4 is 39.9 Å². The average Bonchev–Trinajstić information content (AvgIpc) is 3.31. The molecular formula is C25H21FN2O5S. The third-order valence-corrected chi connectivity index (χ3v) is 6.56. The van der Waals surface area contributed by atoms with E-state index in [9.17, 15) is 23.9 Å². The number of Topliss-reactive ketones (excluding diaryl/α,β-unsaturated/α-hetero) is 1. The van der Waals surface area contributed by atoms with Gasteiger partial charge in [-0.3, -0.25) is 14.5 Å². The molecule has 1 fully saturated rings. The Morgan fingerprint density at radius 2 is 1.82 bits per heavy atom. The topological polar surface area (TPSA) is 96.8 Å². The summed E-state index contributed by atoms with van der Waals surface area (Å²) in [6, 6.07) is 11.2. The third kappa shape index (κ3) is 3.99. The molecule has 0 radical (unpaired) electrons. The molecule has 1 aliphatic heterocycles. The number of aliphatic hydroxyl groups excluding tert-OH is 1. The van der Waals surface area contributed by atoms with E-state index in [0.717, 1.165) is 21.8 Å². The normalized spacial score (nSPS) is 17.3. The highest BCUT2D eigenvalue weighted by Crippen LogP contribution is 2.44. The predicted octanol–water partition coefficient (Wildman–Crippen LogP) is 4.70. The van der Waals surface area contributed by atoms with Gasteiger partial charge in [-0.25, -0.2) is 14.2 Å². The summed E-state index contributed by atoms with van der Waals surface area (Å²) in [5.41, 5.74) is 1.32. The Bertz CT molecular complexity index is 1330. The molecular weight excluding hydrogens is 459 g/mol. The van der Waals surface area contributed by atoms with E-state index in [1.165, 1.54) is 18.2 Å². The van der Waals surface area contributed by atoms with Crippen LogP contribution in [-0.2, 0) is 14.3 Å². The zero-order valence-corrected chi connectivity index (χ0v) is 19.5. The number of rotatable bonds is 5. The molecule has 34 heavy (non-hydrogen) atoms. The number of aryl methyl sites for hydroxylation is 2. The van der Waals surface area contributed by atoms with E-state index in [0.29, 0.717) is 11.3 Å². The van der Waals surface area contributed by atoms with Crippen LogP contribution >= 0.6 is 11.3 Å². The predicted molar refractivity (Wildman–Crippen MR) is 125 cm³/mol. The number of halogens is 1. The minimum Gasteiger partial charge on any atom is -0.507 e. The van der Waals surface area contributed by atoms with Crippen LogP contribution in [0, 0.1) is 19.7 Å². The molecule has 7 nitrogen and oxygen atoms in total. The number of amides is 1. The van der Waals surface area contributed by atoms with Crippen LogP contribution in [0.3, 0.4) is 0 Å². The summed E-state index contributed by atoms with van der Waals surface area (Å²) >= 11 is 0.867. The standard InChI is InChI=1S/C25H21FN2O5S/c1-4-33-24(32)22-14(3)27-25(34-22)28-19(16-7-5-6-8-17(16)26)18(21(30)23(28)31)20(29)15-11-9-13(2)10-12-15/h5-12,19,29H,4H2,1-3H3. The molecule has 3 aromatic rings. The maximum absolute atomic E-state index is 14.9. The molecule has 1 atom stereocenters. The van der Waals surface area contributed by atoms with Crippen molar-refractivity contribution in [3.8, 4) is 0 Å². The highest BCUT2D eigenvalue weighted by molar-refractivity contribution is 7.17. The number of carbonyl (C=O) groups excluding carboxylic acids is 3. The van der Waals surface area contributed by atoms with E-state index in [2.05, 4.69) is 4.98 Å². The number of benzene rings is 2. The lowest BCUT2D eigenvalue weighted by Crippen LogP contribution is -2.29. The summed E-state index contributed by atoms with van der Waals surface area (Å²) in [5, 5.41) is 11.1. The van der Waals surface area contributed by atoms with E-state index >= 15 is 0 Å². The first kappa shape index (κ1) is 23.3. The summed E-state index contributed by atoms with van der Waals surface area (Å²) < 4.78 is 20.0. The average molecular weight is 481 g/mol. The maximum Gasteiger partial charge on any atom is 0.350 e. The van der Waals surface area contributed by atoms with Crippen LogP contribution in [0.1, 0.15) is 45.0 Å². The quantitative estimate of drug-likeness (QED) is 0.246. The Morgan fingerprint density at radius 3 is 2.47 bits per heavy atom. The van der Waals surface area contributed by atoms with Gasteiger partial charge in [-0.2, -0.15) is 0 Å². The summed E-state index contributed by atoms with van der Waals surface area (Å²) in [6.07, 6.45) is 0. The maximum atomic E-state index is 14.9. The van der Waals surface area contributed by atoms with Gasteiger partial charge in [0.05, 0.1) is 17.9 Å². The van der Waals surface area contributed by atoms with Gasteiger partial charge < -0.3 is 9.84 Å². The van der Waals surface area contributed by atoms with Gasteiger partial charge in [0.1, 0.15) is 22.5 Å². The second kappa shape index (κ2) is 9.18. The minimum atomic E-state index is -1.27. The number of nitrogens with zero attached hydrogens (tertiary/aromatic N) is 2. The number of hydrogen-bond donors (Lipinski definition) is 1. The van der Waals surface area contributed by atoms with E-state index in [1.54, 1.807) is 44.2 Å². The fourth-order valence-corrected chi connectivity index (χ4v) is 4.75. The molecule has 0 saturated carbocycles. The molecule has 174 valence electrons. The molecule has 4 rings (SSSR count). The minimum absolute atomic E-state index is 0.0147. The van der Waals surface area contributed by atoms with Gasteiger partial charge in [-0.1, -0.05) is 59.4 Å². The molecule has 1 saturated heterocycles. The van der Waals surface area contributed by atoms with Crippen LogP contribution in [0.15, 0.2) is 54.1 Å². The SMILES string of the molecule is CCOC(=O)c1sc(N2C(=O)C(=O)C(=C(O)c3ccc(C)cc3)C2c2ccccc2F)nc1C. The van der Waals surface area contributed by atoms with E-state index in [-0.39, 0.29) is 27.8 Å². The van der Waals surface area contributed by atoms with Crippen LogP contribution in [0.5, 0.6) is 0 Å². The Labute approximate surface area is 199 Å². The van der Waals surface area contributed by atoms with Crippen molar-refractivity contribution in [3.05, 3.63) is 87.2 Å². The first-order chi connectivity index (χ1) is 16.2. The summed E-state index contributed by atoms with van der Waals surface area (Å²) in [4.78, 5) is 44.1. The van der Waals surface area contributed by atoms with Crippen molar-refractivity contribution in [3.63, 3.8) is 0 Å². The van der Waals surface area contributed by atoms with E-state index in [1.807, 2.05) is 6.92 Å². The number of esters is 1. The van der Waals surface area contributed by atoms with Gasteiger partial charge in [0, 0.05) is 11.1 Å². The summed E-state index contributed by atoms with van der Waals surface area (Å²) in [5.74, 6) is -3.65. The molecule has 2 heterocycles. The van der Waals surface area contributed by atoms with Crippen molar-refractivity contribution in [2.75, 3.05) is 11.5 Å². The fraction of sp³-hybridized carbons (Fsp3) is 0.200. The Hall–Kier alpha value is -3.85. The number of aromatic nitrogens is 1. The molecule has 1 aliphatic rings. The zero-order valence-electron chi connectivity index (χ0n) is 18.7. The number of thiazole rings is 1. The molecule has 9 heteroatoms.